The van der Waals surface area contributed by atoms with Gasteiger partial charge >= 0.3 is 5.91 Å². The van der Waals surface area contributed by atoms with Gasteiger partial charge in [0.25, 0.3) is 0 Å². The molecule has 0 aromatic carbocycles. The number of quaternary nitrogens is 1. The highest BCUT2D eigenvalue weighted by atomic mass is 32.1. The van der Waals surface area contributed by atoms with Crippen molar-refractivity contribution in [2.24, 2.45) is 0 Å². The number of carbonyl (C=O) groups is 1. The number of rotatable bonds is 8. The average molecular weight is 206 g/mol. The highest BCUT2D eigenvalue weighted by Gasteiger charge is 2.04. The largest absolute Gasteiger partial charge is 0.343 e. The summed E-state index contributed by atoms with van der Waals surface area (Å²) in [5.41, 5.74) is 1.16. The van der Waals surface area contributed by atoms with Gasteiger partial charge in [-0.25, -0.2) is 4.79 Å². The van der Waals surface area contributed by atoms with Gasteiger partial charge in [0.1, 0.15) is 0 Å². The minimum atomic E-state index is 0.0329. The number of nitrogens with two attached hydrogens (primary N) is 1. The highest BCUT2D eigenvalue weighted by Crippen LogP contribution is 2.05. The molecule has 0 unspecified atom stereocenters. The molecule has 2 N–H and O–H groups in total. The number of hydrogen-bond acceptors (Lipinski definition) is 3. The lowest BCUT2D eigenvalue weighted by atomic mass is 10.1. The predicted molar refractivity (Wildman–Crippen MR) is 55.0 cm³/mol. The van der Waals surface area contributed by atoms with Crippen LogP contribution in [0.1, 0.15) is 51.9 Å². The summed E-state index contributed by atoms with van der Waals surface area (Å²) in [6.45, 7) is 2.20. The molecular weight excluding hydrogens is 186 g/mol. The Balaban J connectivity index is 3.02. The third-order valence-corrected chi connectivity index (χ3v) is 2.07. The Kier molecular flexibility index (Phi) is 9.98. The molecule has 0 saturated heterocycles. The first-order chi connectivity index (χ1) is 6.31. The number of carbonyl (C=O) groups excluding carboxylic acids is 1. The van der Waals surface area contributed by atoms with Crippen molar-refractivity contribution in [2.75, 3.05) is 0 Å². The van der Waals surface area contributed by atoms with Crippen LogP contribution < -0.4 is 5.48 Å². The summed E-state index contributed by atoms with van der Waals surface area (Å²) in [5, 5.41) is 0. The first kappa shape index (κ1) is 12.9. The second-order valence-corrected chi connectivity index (χ2v) is 3.42. The van der Waals surface area contributed by atoms with Gasteiger partial charge in [-0.05, 0) is 6.42 Å². The van der Waals surface area contributed by atoms with Crippen LogP contribution in [-0.4, -0.2) is 5.91 Å². The molecule has 0 rings (SSSR count). The lowest BCUT2D eigenvalue weighted by Gasteiger charge is -1.98. The fourth-order valence-corrected chi connectivity index (χ4v) is 1.31. The SMILES string of the molecule is CCCCCCCCC(=O)[NH2+]OS. The highest BCUT2D eigenvalue weighted by molar-refractivity contribution is 7.74. The number of primary amides is 1. The number of hydroxylamine groups is 1. The summed E-state index contributed by atoms with van der Waals surface area (Å²) in [6, 6.07) is 0. The van der Waals surface area contributed by atoms with Crippen LogP contribution in [0, 0.1) is 0 Å². The topological polar surface area (TPSA) is 42.9 Å². The predicted octanol–water partition coefficient (Wildman–Crippen LogP) is 1.60. The van der Waals surface area contributed by atoms with Crippen LogP contribution in [0.25, 0.3) is 0 Å². The maximum Gasteiger partial charge on any atom is 0.343 e. The third kappa shape index (κ3) is 9.86. The summed E-state index contributed by atoms with van der Waals surface area (Å²) in [4.78, 5) is 10.9. The second-order valence-electron chi connectivity index (χ2n) is 3.21. The number of unbranched alkanes of at least 4 members (excludes halogenated alkanes) is 5. The molecule has 0 atom stereocenters. The number of hydrogen-bond donors (Lipinski definition) is 2. The van der Waals surface area contributed by atoms with Crippen molar-refractivity contribution in [3.63, 3.8) is 0 Å². The quantitative estimate of drug-likeness (QED) is 0.274. The Hall–Kier alpha value is -0.0600. The molecule has 0 fully saturated rings. The molecule has 4 heteroatoms. The smallest absolute Gasteiger partial charge is 0.228 e. The zero-order chi connectivity index (χ0) is 9.94. The van der Waals surface area contributed by atoms with Gasteiger partial charge in [0.15, 0.2) is 0 Å². The van der Waals surface area contributed by atoms with Crippen LogP contribution in [-0.2, 0) is 9.08 Å². The van der Waals surface area contributed by atoms with Gasteiger partial charge in [0, 0.05) is 12.9 Å². The molecule has 0 spiro atoms. The van der Waals surface area contributed by atoms with Crippen molar-refractivity contribution in [1.29, 1.82) is 0 Å². The van der Waals surface area contributed by atoms with Gasteiger partial charge in [0.05, 0.1) is 6.42 Å². The molecule has 0 saturated carbocycles. The minimum Gasteiger partial charge on any atom is -0.228 e. The first-order valence-electron chi connectivity index (χ1n) is 4.97. The number of thiol groups is 1. The van der Waals surface area contributed by atoms with Crippen LogP contribution in [0.15, 0.2) is 0 Å². The van der Waals surface area contributed by atoms with Crippen molar-refractivity contribution in [2.45, 2.75) is 51.9 Å². The van der Waals surface area contributed by atoms with E-state index in [-0.39, 0.29) is 5.91 Å². The monoisotopic (exact) mass is 206 g/mol. The van der Waals surface area contributed by atoms with E-state index in [1.54, 1.807) is 0 Å². The molecule has 13 heavy (non-hydrogen) atoms. The normalized spacial score (nSPS) is 10.3. The Labute approximate surface area is 85.8 Å². The van der Waals surface area contributed by atoms with Gasteiger partial charge in [-0.2, -0.15) is 0 Å². The second kappa shape index (κ2) is 10.0. The average Bonchev–Trinajstić information content (AvgIpc) is 2.11. The maximum atomic E-state index is 10.9. The Morgan fingerprint density at radius 3 is 2.46 bits per heavy atom. The fourth-order valence-electron chi connectivity index (χ4n) is 1.20. The van der Waals surface area contributed by atoms with Gasteiger partial charge in [-0.15, -0.1) is 9.76 Å². The summed E-state index contributed by atoms with van der Waals surface area (Å²) < 4.78 is 4.32. The molecule has 0 heterocycles. The van der Waals surface area contributed by atoms with Crippen LogP contribution in [0.2, 0.25) is 0 Å². The standard InChI is InChI=1S/C9H19NO2S/c1-2-3-4-5-6-7-8-9(11)10-12-13/h13H,2-8H2,1H3,(H,10,11)/p+1. The zero-order valence-corrected chi connectivity index (χ0v) is 9.19. The molecule has 0 aliphatic rings. The van der Waals surface area contributed by atoms with Gasteiger partial charge < -0.3 is 0 Å². The molecule has 0 radical (unpaired) electrons. The van der Waals surface area contributed by atoms with Crippen molar-refractivity contribution < 1.29 is 14.6 Å². The molecule has 0 aliphatic carbocycles. The summed E-state index contributed by atoms with van der Waals surface area (Å²) >= 11 is 3.47. The van der Waals surface area contributed by atoms with Crippen molar-refractivity contribution in [1.82, 2.24) is 0 Å². The summed E-state index contributed by atoms with van der Waals surface area (Å²) in [6.07, 6.45) is 7.80. The Bertz CT molecular complexity index is 131. The molecule has 0 bridgehead atoms. The van der Waals surface area contributed by atoms with Gasteiger partial charge in [-0.3, -0.25) is 0 Å². The molecule has 0 aromatic heterocycles. The number of amides is 1. The van der Waals surface area contributed by atoms with Crippen molar-refractivity contribution in [3.8, 4) is 0 Å². The fraction of sp³-hybridized carbons (Fsp3) is 0.889. The molecular formula is C9H20NO2S+. The lowest BCUT2D eigenvalue weighted by Crippen LogP contribution is -2.85. The zero-order valence-electron chi connectivity index (χ0n) is 8.29. The minimum absolute atomic E-state index is 0.0329. The van der Waals surface area contributed by atoms with E-state index in [4.69, 9.17) is 0 Å². The van der Waals surface area contributed by atoms with Crippen LogP contribution >= 0.6 is 12.9 Å². The van der Waals surface area contributed by atoms with E-state index in [0.29, 0.717) is 6.42 Å². The van der Waals surface area contributed by atoms with E-state index in [1.807, 2.05) is 0 Å². The lowest BCUT2D eigenvalue weighted by molar-refractivity contribution is -0.780. The summed E-state index contributed by atoms with van der Waals surface area (Å²) in [7, 11) is 0. The first-order valence-corrected chi connectivity index (χ1v) is 5.34. The van der Waals surface area contributed by atoms with E-state index in [0.717, 1.165) is 18.3 Å². The molecule has 1 amide bonds. The van der Waals surface area contributed by atoms with Crippen molar-refractivity contribution >= 4 is 18.8 Å². The van der Waals surface area contributed by atoms with Crippen LogP contribution in [0.4, 0.5) is 0 Å². The molecule has 0 aromatic rings. The van der Waals surface area contributed by atoms with E-state index in [1.165, 1.54) is 25.7 Å². The van der Waals surface area contributed by atoms with Crippen LogP contribution in [0.5, 0.6) is 0 Å². The van der Waals surface area contributed by atoms with E-state index < -0.39 is 0 Å². The molecule has 3 nitrogen and oxygen atoms in total. The van der Waals surface area contributed by atoms with Gasteiger partial charge in [0.2, 0.25) is 0 Å². The van der Waals surface area contributed by atoms with E-state index in [9.17, 15) is 4.79 Å². The van der Waals surface area contributed by atoms with Crippen molar-refractivity contribution in [3.05, 3.63) is 0 Å². The van der Waals surface area contributed by atoms with Crippen LogP contribution in [0.3, 0.4) is 0 Å². The Morgan fingerprint density at radius 1 is 1.23 bits per heavy atom. The van der Waals surface area contributed by atoms with E-state index >= 15 is 0 Å². The molecule has 0 aliphatic heterocycles. The van der Waals surface area contributed by atoms with E-state index in [2.05, 4.69) is 24.1 Å². The third-order valence-electron chi connectivity index (χ3n) is 1.96. The summed E-state index contributed by atoms with van der Waals surface area (Å²) in [5.74, 6) is 0.0329. The maximum absolute atomic E-state index is 10.9. The van der Waals surface area contributed by atoms with Gasteiger partial charge in [-0.1, -0.05) is 39.0 Å². The molecule has 78 valence electrons. The Morgan fingerprint density at radius 2 is 1.85 bits per heavy atom.